The molecule has 2 aromatic carbocycles. The largest absolute Gasteiger partial charge is 0.452 e. The number of nitrogen functional groups attached to an aromatic ring is 1. The van der Waals surface area contributed by atoms with E-state index in [2.05, 4.69) is 23.2 Å². The first-order valence-corrected chi connectivity index (χ1v) is 15.3. The number of aliphatic hydroxyl groups is 1. The van der Waals surface area contributed by atoms with Gasteiger partial charge in [-0.05, 0) is 90.9 Å². The molecule has 42 heavy (non-hydrogen) atoms. The lowest BCUT2D eigenvalue weighted by Gasteiger charge is -2.29. The summed E-state index contributed by atoms with van der Waals surface area (Å²) in [5.41, 5.74) is 10.5. The van der Waals surface area contributed by atoms with E-state index in [-0.39, 0.29) is 17.7 Å². The molecule has 3 heterocycles. The number of anilines is 1. The maximum Gasteiger partial charge on any atom is 0.177 e. The van der Waals surface area contributed by atoms with Gasteiger partial charge in [0.15, 0.2) is 11.4 Å². The SMILES string of the molecule is C/C=C(\C=N)c1cnc(N)c2oc(-c3c(-c4cccc(F)c4)ccc4cnsc34)cc12.CCC(C)C1CCC(O)CC1. The van der Waals surface area contributed by atoms with Crippen LogP contribution in [-0.4, -0.2) is 26.8 Å². The molecule has 0 amide bonds. The molecule has 1 aliphatic rings. The Morgan fingerprint density at radius 2 is 1.98 bits per heavy atom. The van der Waals surface area contributed by atoms with Gasteiger partial charge in [0.2, 0.25) is 0 Å². The molecule has 1 unspecified atom stereocenters. The summed E-state index contributed by atoms with van der Waals surface area (Å²) in [6.07, 6.45) is 12.4. The van der Waals surface area contributed by atoms with E-state index >= 15 is 0 Å². The molecule has 0 spiro atoms. The number of furan rings is 1. The lowest BCUT2D eigenvalue weighted by molar-refractivity contribution is 0.0930. The highest BCUT2D eigenvalue weighted by Gasteiger charge is 2.23. The monoisotopic (exact) mass is 584 g/mol. The highest BCUT2D eigenvalue weighted by Crippen LogP contribution is 2.43. The zero-order chi connectivity index (χ0) is 29.8. The summed E-state index contributed by atoms with van der Waals surface area (Å²) in [7, 11) is 0. The van der Waals surface area contributed by atoms with Crippen LogP contribution in [0.15, 0.2) is 65.4 Å². The van der Waals surface area contributed by atoms with Crippen molar-refractivity contribution in [2.45, 2.75) is 59.0 Å². The van der Waals surface area contributed by atoms with Crippen LogP contribution in [0.3, 0.4) is 0 Å². The number of nitrogens with two attached hydrogens (primary N) is 1. The zero-order valence-corrected chi connectivity index (χ0v) is 25.0. The van der Waals surface area contributed by atoms with Crippen molar-refractivity contribution in [1.82, 2.24) is 9.36 Å². The number of nitrogens with zero attached hydrogens (tertiary/aromatic N) is 2. The molecule has 8 heteroatoms. The van der Waals surface area contributed by atoms with Gasteiger partial charge in [-0.1, -0.05) is 50.6 Å². The summed E-state index contributed by atoms with van der Waals surface area (Å²) in [6, 6.07) is 12.3. The number of hydrogen-bond acceptors (Lipinski definition) is 7. The molecule has 6 nitrogen and oxygen atoms in total. The molecule has 6 rings (SSSR count). The summed E-state index contributed by atoms with van der Waals surface area (Å²) in [6.45, 7) is 6.46. The number of hydrogen-bond donors (Lipinski definition) is 3. The number of benzene rings is 2. The third-order valence-corrected chi connectivity index (χ3v) is 9.29. The fourth-order valence-electron chi connectivity index (χ4n) is 5.79. The second-order valence-electron chi connectivity index (χ2n) is 11.0. The van der Waals surface area contributed by atoms with E-state index in [0.717, 1.165) is 62.4 Å². The molecule has 0 radical (unpaired) electrons. The van der Waals surface area contributed by atoms with Gasteiger partial charge in [0.1, 0.15) is 11.6 Å². The third kappa shape index (κ3) is 6.01. The molecular formula is C34H37FN4O2S. The number of aromatic nitrogens is 2. The lowest BCUT2D eigenvalue weighted by atomic mass is 9.79. The highest BCUT2D eigenvalue weighted by atomic mass is 32.1. The minimum atomic E-state index is -0.308. The van der Waals surface area contributed by atoms with Crippen LogP contribution in [0, 0.1) is 23.1 Å². The standard InChI is InChI=1S/C24H17FN4OS.C10H20O/c1-2-13(10-26)19-12-28-24(27)22-18(19)9-20(30-22)21-17(14-4-3-5-16(25)8-14)7-6-15-11-29-31-23(15)21;1-3-8(2)9-4-6-10(11)7-5-9/h2-12,26H,1H3,(H2,27,28);8-11H,3-7H2,1-2H3/b13-2+,26-10?;. The van der Waals surface area contributed by atoms with Crippen molar-refractivity contribution >= 4 is 50.2 Å². The Balaban J connectivity index is 0.000000271. The third-order valence-electron chi connectivity index (χ3n) is 8.46. The van der Waals surface area contributed by atoms with Gasteiger partial charge in [-0.2, -0.15) is 4.37 Å². The molecule has 4 N–H and O–H groups in total. The number of nitrogens with one attached hydrogen (secondary N) is 1. The Bertz CT molecular complexity index is 1730. The van der Waals surface area contributed by atoms with E-state index in [0.29, 0.717) is 16.9 Å². The fraction of sp³-hybridized carbons (Fsp3) is 0.324. The number of allylic oxidation sites excluding steroid dienone is 2. The Hall–Kier alpha value is -3.88. The van der Waals surface area contributed by atoms with E-state index in [9.17, 15) is 9.50 Å². The average Bonchev–Trinajstić information content (AvgIpc) is 3.67. The fourth-order valence-corrected chi connectivity index (χ4v) is 6.59. The molecule has 0 aliphatic heterocycles. The van der Waals surface area contributed by atoms with Crippen LogP contribution >= 0.6 is 11.5 Å². The van der Waals surface area contributed by atoms with Gasteiger partial charge >= 0.3 is 0 Å². The van der Waals surface area contributed by atoms with Crippen molar-refractivity contribution in [3.63, 3.8) is 0 Å². The van der Waals surface area contributed by atoms with Crippen molar-refractivity contribution < 1.29 is 13.9 Å². The van der Waals surface area contributed by atoms with E-state index < -0.39 is 0 Å². The van der Waals surface area contributed by atoms with Crippen LogP contribution in [0.25, 0.3) is 49.1 Å². The molecule has 0 saturated heterocycles. The first kappa shape index (κ1) is 29.6. The van der Waals surface area contributed by atoms with Crippen LogP contribution in [0.4, 0.5) is 10.2 Å². The predicted molar refractivity (Wildman–Crippen MR) is 172 cm³/mol. The Morgan fingerprint density at radius 1 is 1.19 bits per heavy atom. The predicted octanol–water partition coefficient (Wildman–Crippen LogP) is 9.13. The Morgan fingerprint density at radius 3 is 2.67 bits per heavy atom. The van der Waals surface area contributed by atoms with E-state index in [4.69, 9.17) is 15.6 Å². The number of pyridine rings is 1. The molecule has 1 atom stereocenters. The van der Waals surface area contributed by atoms with Crippen LogP contribution in [-0.2, 0) is 0 Å². The first-order chi connectivity index (χ1) is 20.3. The zero-order valence-electron chi connectivity index (χ0n) is 24.2. The summed E-state index contributed by atoms with van der Waals surface area (Å²) in [5.74, 6) is 2.31. The quantitative estimate of drug-likeness (QED) is 0.172. The maximum atomic E-state index is 14.0. The molecule has 1 aliphatic carbocycles. The van der Waals surface area contributed by atoms with Gasteiger partial charge in [0, 0.05) is 40.5 Å². The minimum Gasteiger partial charge on any atom is -0.452 e. The molecule has 3 aromatic heterocycles. The molecule has 5 aromatic rings. The average molecular weight is 585 g/mol. The van der Waals surface area contributed by atoms with E-state index in [1.165, 1.54) is 49.1 Å². The van der Waals surface area contributed by atoms with Crippen molar-refractivity contribution in [3.8, 4) is 22.5 Å². The minimum absolute atomic E-state index is 0.00954. The second-order valence-corrected chi connectivity index (χ2v) is 11.8. The van der Waals surface area contributed by atoms with Crippen LogP contribution < -0.4 is 5.73 Å². The maximum absolute atomic E-state index is 14.0. The summed E-state index contributed by atoms with van der Waals surface area (Å²) < 4.78 is 25.5. The van der Waals surface area contributed by atoms with E-state index in [1.807, 2.05) is 37.3 Å². The number of aliphatic hydroxyl groups excluding tert-OH is 1. The summed E-state index contributed by atoms with van der Waals surface area (Å²) >= 11 is 1.36. The van der Waals surface area contributed by atoms with Crippen molar-refractivity contribution in [2.24, 2.45) is 11.8 Å². The Labute approximate surface area is 249 Å². The lowest BCUT2D eigenvalue weighted by Crippen LogP contribution is -2.22. The molecule has 1 fully saturated rings. The van der Waals surface area contributed by atoms with Crippen LogP contribution in [0.2, 0.25) is 0 Å². The van der Waals surface area contributed by atoms with Crippen LogP contribution in [0.5, 0.6) is 0 Å². The topological polar surface area (TPSA) is 109 Å². The number of fused-ring (bicyclic) bond motifs is 2. The van der Waals surface area contributed by atoms with Gasteiger partial charge in [-0.25, -0.2) is 9.37 Å². The van der Waals surface area contributed by atoms with Gasteiger partial charge in [-0.15, -0.1) is 0 Å². The van der Waals surface area contributed by atoms with Gasteiger partial charge in [0.25, 0.3) is 0 Å². The van der Waals surface area contributed by atoms with Gasteiger partial charge in [-0.3, -0.25) is 0 Å². The number of halogens is 1. The van der Waals surface area contributed by atoms with Crippen molar-refractivity contribution in [2.75, 3.05) is 5.73 Å². The number of rotatable bonds is 6. The molecule has 218 valence electrons. The molecule has 0 bridgehead atoms. The van der Waals surface area contributed by atoms with Crippen molar-refractivity contribution in [1.29, 1.82) is 5.41 Å². The van der Waals surface area contributed by atoms with Gasteiger partial charge in [0.05, 0.1) is 10.8 Å². The van der Waals surface area contributed by atoms with Crippen molar-refractivity contribution in [3.05, 3.63) is 72.3 Å². The smallest absolute Gasteiger partial charge is 0.177 e. The highest BCUT2D eigenvalue weighted by molar-refractivity contribution is 7.14. The summed E-state index contributed by atoms with van der Waals surface area (Å²) in [5, 5.41) is 18.7. The van der Waals surface area contributed by atoms with Crippen LogP contribution in [0.1, 0.15) is 58.4 Å². The molecule has 1 saturated carbocycles. The second kappa shape index (κ2) is 13.0. The Kier molecular flexibility index (Phi) is 9.14. The van der Waals surface area contributed by atoms with Gasteiger partial charge < -0.3 is 20.7 Å². The summed E-state index contributed by atoms with van der Waals surface area (Å²) in [4.78, 5) is 4.26. The van der Waals surface area contributed by atoms with E-state index in [1.54, 1.807) is 18.5 Å². The first-order valence-electron chi connectivity index (χ1n) is 14.5. The molecular weight excluding hydrogens is 547 g/mol. The normalized spacial score (nSPS) is 18.1.